The predicted octanol–water partition coefficient (Wildman–Crippen LogP) is 3.40. The Morgan fingerprint density at radius 1 is 1.12 bits per heavy atom. The van der Waals surface area contributed by atoms with Crippen molar-refractivity contribution in [2.75, 3.05) is 19.6 Å². The lowest BCUT2D eigenvalue weighted by Gasteiger charge is -2.29. The summed E-state index contributed by atoms with van der Waals surface area (Å²) in [6.45, 7) is 2.35. The van der Waals surface area contributed by atoms with Gasteiger partial charge >= 0.3 is 0 Å². The highest BCUT2D eigenvalue weighted by atomic mass is 16.3. The fraction of sp³-hybridized carbons (Fsp3) is 0.444. The standard InChI is InChI=1S/C27H29N5O2/c33-25(18-1-2-18)31-12-8-17(15-31)16-32-24(30-27(9-10-27)26(32)34)21-4-6-23(29-14-21)19-3-5-22-20(13-19)7-11-28-22/h3-7,11,13-14,17-18,26,28,34H,1-2,8-10,12,15-16H2/t17-,26?/m1/s1. The Balaban J connectivity index is 1.12. The molecule has 1 amide bonds. The second kappa shape index (κ2) is 7.40. The van der Waals surface area contributed by atoms with Crippen LogP contribution in [0.2, 0.25) is 0 Å². The number of aromatic amines is 1. The fourth-order valence-electron chi connectivity index (χ4n) is 5.61. The zero-order chi connectivity index (χ0) is 22.9. The van der Waals surface area contributed by atoms with E-state index in [1.165, 1.54) is 5.39 Å². The minimum atomic E-state index is -0.591. The lowest BCUT2D eigenvalue weighted by molar-refractivity contribution is -0.131. The fourth-order valence-corrected chi connectivity index (χ4v) is 5.61. The number of pyridine rings is 1. The van der Waals surface area contributed by atoms with Gasteiger partial charge in [0.05, 0.1) is 5.69 Å². The van der Waals surface area contributed by atoms with Gasteiger partial charge in [0.15, 0.2) is 6.23 Å². The number of aliphatic hydroxyl groups is 1. The van der Waals surface area contributed by atoms with Crippen LogP contribution in [0.5, 0.6) is 0 Å². The number of carbonyl (C=O) groups excluding carboxylic acids is 1. The first-order valence-corrected chi connectivity index (χ1v) is 12.5. The number of H-pyrrole nitrogens is 1. The monoisotopic (exact) mass is 455 g/mol. The van der Waals surface area contributed by atoms with Crippen LogP contribution in [-0.2, 0) is 4.79 Å². The van der Waals surface area contributed by atoms with Crippen LogP contribution in [0.4, 0.5) is 0 Å². The van der Waals surface area contributed by atoms with Gasteiger partial charge in [-0.05, 0) is 68.4 Å². The van der Waals surface area contributed by atoms with E-state index in [-0.39, 0.29) is 11.5 Å². The number of aromatic nitrogens is 2. The zero-order valence-electron chi connectivity index (χ0n) is 19.2. The number of fused-ring (bicyclic) bond motifs is 1. The molecule has 2 aromatic heterocycles. The van der Waals surface area contributed by atoms with Gasteiger partial charge in [0, 0.05) is 60.0 Å². The number of benzene rings is 1. The Bertz CT molecular complexity index is 1290. The van der Waals surface area contributed by atoms with Gasteiger partial charge in [-0.3, -0.25) is 14.8 Å². The molecule has 3 aromatic rings. The van der Waals surface area contributed by atoms with Gasteiger partial charge in [-0.25, -0.2) is 0 Å². The molecule has 1 aromatic carbocycles. The third-order valence-corrected chi connectivity index (χ3v) is 7.99. The Morgan fingerprint density at radius 3 is 2.74 bits per heavy atom. The number of amides is 1. The molecule has 2 saturated carbocycles. The zero-order valence-corrected chi connectivity index (χ0v) is 19.2. The van der Waals surface area contributed by atoms with Crippen molar-refractivity contribution < 1.29 is 9.90 Å². The SMILES string of the molecule is O=C(C1CC1)N1CC[C@@H](CN2C(c3ccc(-c4ccc5[nH]ccc5c4)nc3)=NC3(CC3)C2O)C1. The molecule has 174 valence electrons. The number of rotatable bonds is 5. The number of amidine groups is 1. The Kier molecular flexibility index (Phi) is 4.40. The second-order valence-electron chi connectivity index (χ2n) is 10.5. The Morgan fingerprint density at radius 2 is 1.97 bits per heavy atom. The van der Waals surface area contributed by atoms with Crippen LogP contribution in [-0.4, -0.2) is 68.0 Å². The van der Waals surface area contributed by atoms with Crippen LogP contribution in [0.1, 0.15) is 37.7 Å². The number of aliphatic imine (C=N–C) groups is 1. The molecule has 3 fully saturated rings. The average Bonchev–Trinajstić information content (AvgIpc) is 3.74. The van der Waals surface area contributed by atoms with Crippen LogP contribution in [0.3, 0.4) is 0 Å². The van der Waals surface area contributed by atoms with Crippen molar-refractivity contribution in [1.82, 2.24) is 19.8 Å². The molecular weight excluding hydrogens is 426 g/mol. The van der Waals surface area contributed by atoms with Crippen molar-refractivity contribution >= 4 is 22.6 Å². The lowest BCUT2D eigenvalue weighted by atomic mass is 10.1. The van der Waals surface area contributed by atoms with Crippen LogP contribution < -0.4 is 0 Å². The van der Waals surface area contributed by atoms with Crippen molar-refractivity contribution in [3.8, 4) is 11.3 Å². The number of carbonyl (C=O) groups is 1. The molecule has 7 heteroatoms. The largest absolute Gasteiger partial charge is 0.371 e. The summed E-state index contributed by atoms with van der Waals surface area (Å²) >= 11 is 0. The summed E-state index contributed by atoms with van der Waals surface area (Å²) < 4.78 is 0. The van der Waals surface area contributed by atoms with E-state index < -0.39 is 6.23 Å². The van der Waals surface area contributed by atoms with Crippen molar-refractivity contribution in [3.63, 3.8) is 0 Å². The van der Waals surface area contributed by atoms with E-state index in [9.17, 15) is 9.90 Å². The van der Waals surface area contributed by atoms with Crippen molar-refractivity contribution in [3.05, 3.63) is 54.4 Å². The van der Waals surface area contributed by atoms with Crippen molar-refractivity contribution in [2.24, 2.45) is 16.8 Å². The van der Waals surface area contributed by atoms with Crippen LogP contribution in [0.25, 0.3) is 22.2 Å². The molecule has 0 bridgehead atoms. The van der Waals surface area contributed by atoms with Gasteiger partial charge in [0.2, 0.25) is 5.91 Å². The van der Waals surface area contributed by atoms with Gasteiger partial charge in [-0.2, -0.15) is 0 Å². The van der Waals surface area contributed by atoms with Crippen LogP contribution >= 0.6 is 0 Å². The molecule has 2 N–H and O–H groups in total. The summed E-state index contributed by atoms with van der Waals surface area (Å²) in [5.41, 5.74) is 3.70. The first-order chi connectivity index (χ1) is 16.6. The molecule has 0 radical (unpaired) electrons. The first kappa shape index (κ1) is 20.2. The number of nitrogens with zero attached hydrogens (tertiary/aromatic N) is 4. The molecule has 7 nitrogen and oxygen atoms in total. The summed E-state index contributed by atoms with van der Waals surface area (Å²) in [6.07, 6.45) is 8.17. The molecule has 4 heterocycles. The average molecular weight is 456 g/mol. The number of likely N-dealkylation sites (tertiary alicyclic amines) is 1. The van der Waals surface area contributed by atoms with E-state index in [1.54, 1.807) is 0 Å². The molecule has 7 rings (SSSR count). The molecule has 2 atom stereocenters. The van der Waals surface area contributed by atoms with E-state index in [4.69, 9.17) is 9.98 Å². The highest BCUT2D eigenvalue weighted by Crippen LogP contribution is 2.49. The summed E-state index contributed by atoms with van der Waals surface area (Å²) in [6, 6.07) is 12.5. The van der Waals surface area contributed by atoms with E-state index >= 15 is 0 Å². The van der Waals surface area contributed by atoms with Crippen molar-refractivity contribution in [1.29, 1.82) is 0 Å². The first-order valence-electron chi connectivity index (χ1n) is 12.5. The van der Waals surface area contributed by atoms with Gasteiger partial charge in [0.25, 0.3) is 0 Å². The smallest absolute Gasteiger partial charge is 0.225 e. The minimum absolute atomic E-state index is 0.269. The molecule has 1 unspecified atom stereocenters. The Labute approximate surface area is 198 Å². The molecule has 1 spiro atoms. The quantitative estimate of drug-likeness (QED) is 0.618. The third kappa shape index (κ3) is 3.33. The minimum Gasteiger partial charge on any atom is -0.371 e. The molecule has 34 heavy (non-hydrogen) atoms. The second-order valence-corrected chi connectivity index (χ2v) is 10.5. The maximum absolute atomic E-state index is 12.5. The highest BCUT2D eigenvalue weighted by Gasteiger charge is 2.57. The van der Waals surface area contributed by atoms with E-state index in [2.05, 4.69) is 40.2 Å². The summed E-state index contributed by atoms with van der Waals surface area (Å²) in [7, 11) is 0. The number of nitrogens with one attached hydrogen (secondary N) is 1. The maximum Gasteiger partial charge on any atom is 0.225 e. The summed E-state index contributed by atoms with van der Waals surface area (Å²) in [5, 5.41) is 12.3. The molecule has 4 aliphatic rings. The molecular formula is C27H29N5O2. The normalized spacial score (nSPS) is 25.4. The van der Waals surface area contributed by atoms with E-state index in [0.29, 0.717) is 11.8 Å². The Hall–Kier alpha value is -3.19. The van der Waals surface area contributed by atoms with Gasteiger partial charge in [-0.15, -0.1) is 0 Å². The maximum atomic E-state index is 12.5. The van der Waals surface area contributed by atoms with Crippen molar-refractivity contribution in [2.45, 2.75) is 43.9 Å². The molecule has 1 saturated heterocycles. The van der Waals surface area contributed by atoms with Gasteiger partial charge in [0.1, 0.15) is 11.4 Å². The van der Waals surface area contributed by atoms with Crippen LogP contribution in [0, 0.1) is 11.8 Å². The third-order valence-electron chi connectivity index (χ3n) is 7.99. The van der Waals surface area contributed by atoms with E-state index in [0.717, 1.165) is 79.9 Å². The summed E-state index contributed by atoms with van der Waals surface area (Å²) in [4.78, 5) is 29.6. The topological polar surface area (TPSA) is 84.8 Å². The number of aliphatic hydroxyl groups excluding tert-OH is 1. The predicted molar refractivity (Wildman–Crippen MR) is 130 cm³/mol. The van der Waals surface area contributed by atoms with Gasteiger partial charge < -0.3 is 19.9 Å². The molecule has 2 aliphatic heterocycles. The number of hydrogen-bond donors (Lipinski definition) is 2. The highest BCUT2D eigenvalue weighted by molar-refractivity contribution is 6.01. The summed E-state index contributed by atoms with van der Waals surface area (Å²) in [5.74, 6) is 1.80. The van der Waals surface area contributed by atoms with E-state index in [1.807, 2.05) is 23.4 Å². The molecule has 2 aliphatic carbocycles. The lowest BCUT2D eigenvalue weighted by Crippen LogP contribution is -2.44. The van der Waals surface area contributed by atoms with Crippen LogP contribution in [0.15, 0.2) is 53.8 Å². The number of hydrogen-bond acceptors (Lipinski definition) is 5. The van der Waals surface area contributed by atoms with Gasteiger partial charge in [-0.1, -0.05) is 6.07 Å².